The molecule has 0 aromatic carbocycles. The van der Waals surface area contributed by atoms with Gasteiger partial charge in [-0.2, -0.15) is 10.1 Å². The number of hydrogen-bond donors (Lipinski definition) is 0. The van der Waals surface area contributed by atoms with Gasteiger partial charge in [-0.05, 0) is 12.1 Å². The molecule has 3 rings (SSSR count). The first-order valence-electron chi connectivity index (χ1n) is 4.56. The third kappa shape index (κ3) is 1.18. The second-order valence-corrected chi connectivity index (χ2v) is 3.08. The first-order chi connectivity index (χ1) is 7.86. The summed E-state index contributed by atoms with van der Waals surface area (Å²) in [5, 5.41) is 23.3. The Hall–Kier alpha value is -2.57. The summed E-state index contributed by atoms with van der Waals surface area (Å²) in [4.78, 5) is 3.78. The molecular weight excluding hydrogens is 208 g/mol. The van der Waals surface area contributed by atoms with Crippen LogP contribution < -0.4 is 9.67 Å². The van der Waals surface area contributed by atoms with Crippen molar-refractivity contribution < 1.29 is 9.67 Å². The summed E-state index contributed by atoms with van der Waals surface area (Å²) >= 11 is 0. The fourth-order valence-corrected chi connectivity index (χ4v) is 1.38. The van der Waals surface area contributed by atoms with Crippen molar-refractivity contribution in [1.82, 2.24) is 24.8 Å². The highest BCUT2D eigenvalue weighted by Gasteiger charge is 2.14. The summed E-state index contributed by atoms with van der Waals surface area (Å²) in [5.74, 6) is 0.0441. The van der Waals surface area contributed by atoms with Gasteiger partial charge in [0, 0.05) is 5.10 Å². The molecule has 7 nitrogen and oxygen atoms in total. The Balaban J connectivity index is 2.28. The van der Waals surface area contributed by atoms with Crippen molar-refractivity contribution in [3.63, 3.8) is 0 Å². The summed E-state index contributed by atoms with van der Waals surface area (Å²) in [6.07, 6.45) is 4.70. The second-order valence-electron chi connectivity index (χ2n) is 3.08. The van der Waals surface area contributed by atoms with Crippen molar-refractivity contribution in [2.45, 2.75) is 0 Å². The number of pyridine rings is 1. The summed E-state index contributed by atoms with van der Waals surface area (Å²) < 4.78 is 2.69. The molecule has 0 atom stereocenters. The summed E-state index contributed by atoms with van der Waals surface area (Å²) in [5.41, 5.74) is 0. The lowest BCUT2D eigenvalue weighted by Gasteiger charge is -2.05. The largest absolute Gasteiger partial charge is 0.853 e. The zero-order valence-electron chi connectivity index (χ0n) is 8.06. The lowest BCUT2D eigenvalue weighted by molar-refractivity contribution is -0.604. The molecule has 0 aliphatic rings. The maximum Gasteiger partial charge on any atom is 0.366 e. The Bertz CT molecular complexity index is 635. The Morgan fingerprint density at radius 3 is 2.75 bits per heavy atom. The molecule has 78 valence electrons. The molecule has 0 bridgehead atoms. The van der Waals surface area contributed by atoms with Gasteiger partial charge >= 0.3 is 5.82 Å². The van der Waals surface area contributed by atoms with Crippen LogP contribution >= 0.6 is 0 Å². The lowest BCUT2D eigenvalue weighted by Crippen LogP contribution is -2.33. The van der Waals surface area contributed by atoms with E-state index in [9.17, 15) is 5.11 Å². The minimum absolute atomic E-state index is 0.193. The molecule has 0 radical (unpaired) electrons. The maximum atomic E-state index is 11.9. The van der Waals surface area contributed by atoms with Gasteiger partial charge in [-0.15, -0.1) is 0 Å². The van der Waals surface area contributed by atoms with Crippen LogP contribution in [0.3, 0.4) is 0 Å². The molecule has 16 heavy (non-hydrogen) atoms. The van der Waals surface area contributed by atoms with Crippen LogP contribution in [0.1, 0.15) is 0 Å². The summed E-state index contributed by atoms with van der Waals surface area (Å²) in [6, 6.07) is 5.45. The first-order valence-corrected chi connectivity index (χ1v) is 4.56. The summed E-state index contributed by atoms with van der Waals surface area (Å²) in [7, 11) is 0. The lowest BCUT2D eigenvalue weighted by atomic mass is 10.5. The van der Waals surface area contributed by atoms with Crippen molar-refractivity contribution in [3.8, 4) is 11.7 Å². The van der Waals surface area contributed by atoms with E-state index in [1.165, 1.54) is 6.33 Å². The quantitative estimate of drug-likeness (QED) is 0.478. The van der Waals surface area contributed by atoms with E-state index in [1.54, 1.807) is 29.1 Å². The number of fused-ring (bicyclic) bond motifs is 1. The van der Waals surface area contributed by atoms with Gasteiger partial charge in [-0.25, -0.2) is 9.08 Å². The fourth-order valence-electron chi connectivity index (χ4n) is 1.38. The van der Waals surface area contributed by atoms with Gasteiger partial charge in [0.05, 0.1) is 23.4 Å². The van der Waals surface area contributed by atoms with E-state index in [0.29, 0.717) is 0 Å². The molecule has 0 N–H and O–H groups in total. The zero-order valence-corrected chi connectivity index (χ0v) is 8.06. The highest BCUT2D eigenvalue weighted by molar-refractivity contribution is 5.32. The van der Waals surface area contributed by atoms with Gasteiger partial charge < -0.3 is 5.11 Å². The molecule has 3 aromatic rings. The SMILES string of the molecule is [O-]c1c(-[n+]2ccccc2)nnc2ncnn12. The van der Waals surface area contributed by atoms with E-state index in [0.717, 1.165) is 4.52 Å². The van der Waals surface area contributed by atoms with Crippen LogP contribution in [-0.4, -0.2) is 24.8 Å². The molecular formula is C9H6N6O. The maximum absolute atomic E-state index is 11.9. The van der Waals surface area contributed by atoms with Crippen molar-refractivity contribution in [2.75, 3.05) is 0 Å². The van der Waals surface area contributed by atoms with Gasteiger partial charge in [-0.3, -0.25) is 0 Å². The minimum Gasteiger partial charge on any atom is -0.853 e. The minimum atomic E-state index is -0.348. The van der Waals surface area contributed by atoms with Crippen LogP contribution in [0.15, 0.2) is 36.9 Å². The zero-order chi connectivity index (χ0) is 11.0. The van der Waals surface area contributed by atoms with Crippen molar-refractivity contribution >= 4 is 5.78 Å². The predicted molar refractivity (Wildman–Crippen MR) is 49.6 cm³/mol. The number of rotatable bonds is 1. The predicted octanol–water partition coefficient (Wildman–Crippen LogP) is -1.13. The third-order valence-electron chi connectivity index (χ3n) is 2.11. The van der Waals surface area contributed by atoms with Crippen LogP contribution in [0, 0.1) is 0 Å². The number of aromatic nitrogens is 6. The normalized spacial score (nSPS) is 10.8. The van der Waals surface area contributed by atoms with E-state index >= 15 is 0 Å². The van der Waals surface area contributed by atoms with E-state index in [4.69, 9.17) is 0 Å². The monoisotopic (exact) mass is 214 g/mol. The van der Waals surface area contributed by atoms with Crippen LogP contribution in [0.5, 0.6) is 5.88 Å². The Labute approximate surface area is 89.6 Å². The topological polar surface area (TPSA) is 82.9 Å². The molecule has 0 saturated heterocycles. The number of hydrogen-bond acceptors (Lipinski definition) is 5. The Morgan fingerprint density at radius 1 is 1.12 bits per heavy atom. The van der Waals surface area contributed by atoms with Gasteiger partial charge in [0.2, 0.25) is 0 Å². The Morgan fingerprint density at radius 2 is 1.94 bits per heavy atom. The standard InChI is InChI=1S/C9H6N6O/c16-8-7(14-4-2-1-3-5-14)12-13-9-10-6-11-15(8)9/h1-6H. The third-order valence-corrected chi connectivity index (χ3v) is 2.11. The molecule has 3 heterocycles. The molecule has 3 aromatic heterocycles. The first kappa shape index (κ1) is 8.72. The molecule has 0 amide bonds. The van der Waals surface area contributed by atoms with Crippen LogP contribution in [0.2, 0.25) is 0 Å². The smallest absolute Gasteiger partial charge is 0.366 e. The van der Waals surface area contributed by atoms with E-state index in [-0.39, 0.29) is 17.5 Å². The van der Waals surface area contributed by atoms with Gasteiger partial charge in [-0.1, -0.05) is 6.07 Å². The molecule has 0 aliphatic heterocycles. The average Bonchev–Trinajstić information content (AvgIpc) is 2.80. The van der Waals surface area contributed by atoms with Gasteiger partial charge in [0.1, 0.15) is 6.33 Å². The molecule has 0 saturated carbocycles. The van der Waals surface area contributed by atoms with Crippen molar-refractivity contribution in [2.24, 2.45) is 0 Å². The highest BCUT2D eigenvalue weighted by atomic mass is 16.3. The van der Waals surface area contributed by atoms with Crippen LogP contribution in [0.25, 0.3) is 11.6 Å². The Kier molecular flexibility index (Phi) is 1.76. The average molecular weight is 214 g/mol. The van der Waals surface area contributed by atoms with E-state index in [2.05, 4.69) is 20.3 Å². The van der Waals surface area contributed by atoms with Crippen molar-refractivity contribution in [1.29, 1.82) is 0 Å². The van der Waals surface area contributed by atoms with Gasteiger partial charge in [0.25, 0.3) is 5.78 Å². The van der Waals surface area contributed by atoms with E-state index in [1.807, 2.05) is 6.07 Å². The second kappa shape index (κ2) is 3.23. The molecule has 0 fully saturated rings. The fraction of sp³-hybridized carbons (Fsp3) is 0. The van der Waals surface area contributed by atoms with Crippen molar-refractivity contribution in [3.05, 3.63) is 36.9 Å². The molecule has 0 spiro atoms. The number of nitrogens with zero attached hydrogens (tertiary/aromatic N) is 6. The molecule has 0 aliphatic carbocycles. The highest BCUT2D eigenvalue weighted by Crippen LogP contribution is 2.08. The van der Waals surface area contributed by atoms with Crippen LogP contribution in [-0.2, 0) is 0 Å². The molecule has 0 unspecified atom stereocenters. The summed E-state index contributed by atoms with van der Waals surface area (Å²) in [6.45, 7) is 0. The molecule has 7 heteroatoms. The van der Waals surface area contributed by atoms with Gasteiger partial charge in [0.15, 0.2) is 0 Å². The van der Waals surface area contributed by atoms with E-state index < -0.39 is 0 Å². The van der Waals surface area contributed by atoms with Crippen LogP contribution in [0.4, 0.5) is 0 Å².